The number of hydrogen-bond acceptors (Lipinski definition) is 5. The van der Waals surface area contributed by atoms with Gasteiger partial charge < -0.3 is 15.0 Å². The summed E-state index contributed by atoms with van der Waals surface area (Å²) in [4.78, 5) is 29.3. The van der Waals surface area contributed by atoms with Crippen molar-refractivity contribution in [1.29, 1.82) is 0 Å². The second-order valence-corrected chi connectivity index (χ2v) is 5.31. The molecule has 0 unspecified atom stereocenters. The number of alkyl halides is 3. The first-order valence-electron chi connectivity index (χ1n) is 7.56. The van der Waals surface area contributed by atoms with Crippen LogP contribution in [0, 0.1) is 0 Å². The van der Waals surface area contributed by atoms with Gasteiger partial charge in [0.05, 0.1) is 12.2 Å². The molecule has 1 aliphatic heterocycles. The summed E-state index contributed by atoms with van der Waals surface area (Å²) in [6.45, 7) is 1.09. The van der Waals surface area contributed by atoms with Crippen LogP contribution in [0.1, 0.15) is 30.1 Å². The van der Waals surface area contributed by atoms with E-state index >= 15 is 0 Å². The number of pyridine rings is 1. The molecule has 9 heteroatoms. The molecule has 0 bridgehead atoms. The van der Waals surface area contributed by atoms with E-state index in [9.17, 15) is 22.8 Å². The van der Waals surface area contributed by atoms with E-state index in [1.54, 1.807) is 17.9 Å². The lowest BCUT2D eigenvalue weighted by Gasteiger charge is -2.25. The van der Waals surface area contributed by atoms with Crippen molar-refractivity contribution in [3.8, 4) is 0 Å². The predicted octanol–water partition coefficient (Wildman–Crippen LogP) is 1.91. The van der Waals surface area contributed by atoms with Crippen LogP contribution in [0.25, 0.3) is 0 Å². The third-order valence-corrected chi connectivity index (χ3v) is 3.57. The molecule has 1 aliphatic rings. The number of nitrogens with one attached hydrogen (secondary N) is 1. The summed E-state index contributed by atoms with van der Waals surface area (Å²) in [7, 11) is 0. The lowest BCUT2D eigenvalue weighted by Crippen LogP contribution is -2.46. The number of anilines is 1. The molecule has 132 valence electrons. The third-order valence-electron chi connectivity index (χ3n) is 3.57. The van der Waals surface area contributed by atoms with Gasteiger partial charge in [-0.1, -0.05) is 0 Å². The second kappa shape index (κ2) is 7.50. The quantitative estimate of drug-likeness (QED) is 0.826. The highest BCUT2D eigenvalue weighted by Crippen LogP contribution is 2.24. The fraction of sp³-hybridized carbons (Fsp3) is 0.533. The normalized spacial score (nSPS) is 17.7. The van der Waals surface area contributed by atoms with Gasteiger partial charge in [-0.05, 0) is 31.9 Å². The van der Waals surface area contributed by atoms with Gasteiger partial charge in [0.15, 0.2) is 0 Å². The van der Waals surface area contributed by atoms with Crippen LogP contribution in [-0.4, -0.2) is 48.8 Å². The molecule has 1 atom stereocenters. The van der Waals surface area contributed by atoms with Crippen LogP contribution in [0.2, 0.25) is 0 Å². The molecule has 0 spiro atoms. The SMILES string of the molecule is CCOC(=O)c1ccc(N2CCC[C@H]2C(=O)NCC(F)(F)F)nc1. The maximum atomic E-state index is 12.2. The fourth-order valence-corrected chi connectivity index (χ4v) is 2.51. The van der Waals surface area contributed by atoms with Crippen LogP contribution in [-0.2, 0) is 9.53 Å². The van der Waals surface area contributed by atoms with Gasteiger partial charge in [0.1, 0.15) is 18.4 Å². The highest BCUT2D eigenvalue weighted by atomic mass is 19.4. The zero-order chi connectivity index (χ0) is 17.7. The Morgan fingerprint density at radius 1 is 1.42 bits per heavy atom. The van der Waals surface area contributed by atoms with E-state index in [1.165, 1.54) is 12.3 Å². The van der Waals surface area contributed by atoms with E-state index in [1.807, 2.05) is 5.32 Å². The molecular weight excluding hydrogens is 327 g/mol. The summed E-state index contributed by atoms with van der Waals surface area (Å²) in [5.74, 6) is -0.744. The molecule has 0 aliphatic carbocycles. The zero-order valence-electron chi connectivity index (χ0n) is 13.1. The van der Waals surface area contributed by atoms with E-state index < -0.39 is 30.6 Å². The van der Waals surface area contributed by atoms with Gasteiger partial charge >= 0.3 is 12.1 Å². The Bertz CT molecular complexity index is 590. The van der Waals surface area contributed by atoms with Crippen molar-refractivity contribution < 1.29 is 27.5 Å². The first-order chi connectivity index (χ1) is 11.3. The molecule has 1 fully saturated rings. The molecule has 1 saturated heterocycles. The van der Waals surface area contributed by atoms with Gasteiger partial charge in [0.2, 0.25) is 5.91 Å². The first-order valence-corrected chi connectivity index (χ1v) is 7.56. The molecule has 6 nitrogen and oxygen atoms in total. The minimum absolute atomic E-state index is 0.244. The van der Waals surface area contributed by atoms with Gasteiger partial charge in [-0.2, -0.15) is 13.2 Å². The number of esters is 1. The van der Waals surface area contributed by atoms with Crippen molar-refractivity contribution >= 4 is 17.7 Å². The Labute approximate surface area is 137 Å². The third kappa shape index (κ3) is 4.59. The van der Waals surface area contributed by atoms with E-state index in [2.05, 4.69) is 4.98 Å². The number of amides is 1. The van der Waals surface area contributed by atoms with Gasteiger partial charge in [-0.3, -0.25) is 4.79 Å². The van der Waals surface area contributed by atoms with Gasteiger partial charge in [0, 0.05) is 12.7 Å². The Balaban J connectivity index is 2.04. The summed E-state index contributed by atoms with van der Waals surface area (Å²) in [5.41, 5.74) is 0.276. The van der Waals surface area contributed by atoms with Crippen molar-refractivity contribution in [1.82, 2.24) is 10.3 Å². The summed E-state index contributed by atoms with van der Waals surface area (Å²) in [5, 5.41) is 1.90. The maximum absolute atomic E-state index is 12.2. The number of hydrogen-bond donors (Lipinski definition) is 1. The molecule has 2 rings (SSSR count). The van der Waals surface area contributed by atoms with E-state index in [0.717, 1.165) is 0 Å². The molecule has 0 aromatic carbocycles. The molecule has 0 radical (unpaired) electrons. The average molecular weight is 345 g/mol. The van der Waals surface area contributed by atoms with E-state index in [4.69, 9.17) is 4.74 Å². The highest BCUT2D eigenvalue weighted by molar-refractivity contribution is 5.89. The van der Waals surface area contributed by atoms with Crippen molar-refractivity contribution in [2.75, 3.05) is 24.6 Å². The summed E-state index contributed by atoms with van der Waals surface area (Å²) < 4.78 is 41.5. The average Bonchev–Trinajstić information content (AvgIpc) is 3.02. The molecule has 1 aromatic heterocycles. The maximum Gasteiger partial charge on any atom is 0.405 e. The van der Waals surface area contributed by atoms with Crippen LogP contribution >= 0.6 is 0 Å². The van der Waals surface area contributed by atoms with Gasteiger partial charge in [0.25, 0.3) is 0 Å². The second-order valence-electron chi connectivity index (χ2n) is 5.31. The Morgan fingerprint density at radius 3 is 2.75 bits per heavy atom. The monoisotopic (exact) mass is 345 g/mol. The minimum Gasteiger partial charge on any atom is -0.462 e. The van der Waals surface area contributed by atoms with E-state index in [0.29, 0.717) is 25.2 Å². The number of carbonyl (C=O) groups excluding carboxylic acids is 2. The number of aromatic nitrogens is 1. The summed E-state index contributed by atoms with van der Waals surface area (Å²) >= 11 is 0. The number of carbonyl (C=O) groups is 2. The predicted molar refractivity (Wildman–Crippen MR) is 79.6 cm³/mol. The molecule has 1 N–H and O–H groups in total. The van der Waals surface area contributed by atoms with Crippen LogP contribution in [0.15, 0.2) is 18.3 Å². The Morgan fingerprint density at radius 2 is 2.17 bits per heavy atom. The first kappa shape index (κ1) is 18.0. The Kier molecular flexibility index (Phi) is 5.63. The van der Waals surface area contributed by atoms with Crippen LogP contribution in [0.5, 0.6) is 0 Å². The van der Waals surface area contributed by atoms with Crippen LogP contribution in [0.3, 0.4) is 0 Å². The van der Waals surface area contributed by atoms with Gasteiger partial charge in [-0.15, -0.1) is 0 Å². The lowest BCUT2D eigenvalue weighted by molar-refractivity contribution is -0.139. The van der Waals surface area contributed by atoms with Crippen molar-refractivity contribution in [2.24, 2.45) is 0 Å². The smallest absolute Gasteiger partial charge is 0.405 e. The standard InChI is InChI=1S/C15H18F3N3O3/c1-2-24-14(23)10-5-6-12(19-8-10)21-7-3-4-11(21)13(22)20-9-15(16,17)18/h5-6,8,11H,2-4,7,9H2,1H3,(H,20,22)/t11-/m0/s1. The topological polar surface area (TPSA) is 71.5 Å². The zero-order valence-corrected chi connectivity index (χ0v) is 13.1. The van der Waals surface area contributed by atoms with Crippen LogP contribution < -0.4 is 10.2 Å². The minimum atomic E-state index is -4.45. The highest BCUT2D eigenvalue weighted by Gasteiger charge is 2.34. The molecule has 1 amide bonds. The summed E-state index contributed by atoms with van der Waals surface area (Å²) in [6, 6.07) is 2.37. The van der Waals surface area contributed by atoms with Crippen LogP contribution in [0.4, 0.5) is 19.0 Å². The number of ether oxygens (including phenoxy) is 1. The molecule has 24 heavy (non-hydrogen) atoms. The fourth-order valence-electron chi connectivity index (χ4n) is 2.51. The Hall–Kier alpha value is -2.32. The molecule has 1 aromatic rings. The number of halogens is 3. The largest absolute Gasteiger partial charge is 0.462 e. The summed E-state index contributed by atoms with van der Waals surface area (Å²) in [6.07, 6.45) is -1.99. The van der Waals surface area contributed by atoms with Crippen molar-refractivity contribution in [2.45, 2.75) is 32.0 Å². The number of rotatable bonds is 5. The van der Waals surface area contributed by atoms with Crippen molar-refractivity contribution in [3.63, 3.8) is 0 Å². The van der Waals surface area contributed by atoms with Crippen molar-refractivity contribution in [3.05, 3.63) is 23.9 Å². The molecule has 0 saturated carbocycles. The van der Waals surface area contributed by atoms with E-state index in [-0.39, 0.29) is 12.2 Å². The van der Waals surface area contributed by atoms with Gasteiger partial charge in [-0.25, -0.2) is 9.78 Å². The number of nitrogens with zero attached hydrogens (tertiary/aromatic N) is 2. The molecular formula is C15H18F3N3O3. The lowest BCUT2D eigenvalue weighted by atomic mass is 10.2. The molecule has 2 heterocycles.